The zero-order chi connectivity index (χ0) is 17.2. The Kier molecular flexibility index (Phi) is 4.44. The van der Waals surface area contributed by atoms with Crippen LogP contribution in [0.4, 0.5) is 18.9 Å². The van der Waals surface area contributed by atoms with Gasteiger partial charge in [0, 0.05) is 30.6 Å². The highest BCUT2D eigenvalue weighted by molar-refractivity contribution is 5.95. The molecule has 0 saturated heterocycles. The molecule has 0 fully saturated rings. The Hall–Kier alpha value is -2.77. The molecule has 2 heterocycles. The fourth-order valence-electron chi connectivity index (χ4n) is 2.08. The monoisotopic (exact) mass is 322 g/mol. The summed E-state index contributed by atoms with van der Waals surface area (Å²) in [4.78, 5) is 23.7. The van der Waals surface area contributed by atoms with Gasteiger partial charge in [-0.1, -0.05) is 6.58 Å². The van der Waals surface area contributed by atoms with Crippen molar-refractivity contribution in [3.8, 4) is 11.3 Å². The van der Waals surface area contributed by atoms with Gasteiger partial charge in [-0.2, -0.15) is 13.2 Å². The van der Waals surface area contributed by atoms with Gasteiger partial charge in [-0.15, -0.1) is 0 Å². The highest BCUT2D eigenvalue weighted by Crippen LogP contribution is 2.37. The van der Waals surface area contributed by atoms with Crippen molar-refractivity contribution in [3.63, 3.8) is 0 Å². The topological polar surface area (TPSA) is 59.0 Å². The Balaban J connectivity index is 2.65. The van der Waals surface area contributed by atoms with Crippen LogP contribution in [0.1, 0.15) is 19.5 Å². The van der Waals surface area contributed by atoms with Crippen molar-refractivity contribution in [2.45, 2.75) is 20.0 Å². The highest BCUT2D eigenvalue weighted by Gasteiger charge is 2.38. The summed E-state index contributed by atoms with van der Waals surface area (Å²) in [6.07, 6.45) is -0.751. The van der Waals surface area contributed by atoms with Gasteiger partial charge in [-0.05, 0) is 19.1 Å². The molecule has 0 aliphatic carbocycles. The van der Waals surface area contributed by atoms with E-state index in [2.05, 4.69) is 21.5 Å². The van der Waals surface area contributed by atoms with Gasteiger partial charge in [-0.3, -0.25) is 9.69 Å². The van der Waals surface area contributed by atoms with Crippen LogP contribution in [0.3, 0.4) is 0 Å². The molecule has 0 aliphatic rings. The summed E-state index contributed by atoms with van der Waals surface area (Å²) in [5.41, 5.74) is -0.961. The number of amides is 1. The molecule has 120 valence electrons. The number of hydrogen-bond donors (Lipinski definition) is 0. The number of allylic oxidation sites excluding steroid dienone is 1. The van der Waals surface area contributed by atoms with E-state index in [1.165, 1.54) is 37.8 Å². The second kappa shape index (κ2) is 6.15. The fourth-order valence-corrected chi connectivity index (χ4v) is 2.08. The highest BCUT2D eigenvalue weighted by atomic mass is 19.4. The summed E-state index contributed by atoms with van der Waals surface area (Å²) in [6.45, 7) is 6.15. The van der Waals surface area contributed by atoms with Crippen molar-refractivity contribution in [1.29, 1.82) is 0 Å². The maximum atomic E-state index is 13.4. The standard InChI is InChI=1S/C15H13F3N4O/c1-9(2)22(10(3)23)13-5-4-12(11-6-19-8-20-7-11)21-14(13)15(16,17)18/h4-8H,1H2,2-3H3. The van der Waals surface area contributed by atoms with Crippen LogP contribution in [0.15, 0.2) is 43.1 Å². The predicted molar refractivity (Wildman–Crippen MR) is 78.2 cm³/mol. The lowest BCUT2D eigenvalue weighted by Crippen LogP contribution is -2.29. The second-order valence-electron chi connectivity index (χ2n) is 4.78. The lowest BCUT2D eigenvalue weighted by molar-refractivity contribution is -0.140. The number of carbonyl (C=O) groups is 1. The molecule has 0 saturated carbocycles. The molecule has 0 aliphatic heterocycles. The van der Waals surface area contributed by atoms with Crippen molar-refractivity contribution in [2.24, 2.45) is 0 Å². The number of nitrogens with zero attached hydrogens (tertiary/aromatic N) is 4. The maximum Gasteiger partial charge on any atom is 0.435 e. The van der Waals surface area contributed by atoms with Crippen LogP contribution in [-0.4, -0.2) is 20.9 Å². The Morgan fingerprint density at radius 3 is 2.26 bits per heavy atom. The number of rotatable bonds is 3. The van der Waals surface area contributed by atoms with Gasteiger partial charge < -0.3 is 0 Å². The first kappa shape index (κ1) is 16.6. The van der Waals surface area contributed by atoms with E-state index in [1.54, 1.807) is 0 Å². The molecular formula is C15H13F3N4O. The Morgan fingerprint density at radius 1 is 1.17 bits per heavy atom. The van der Waals surface area contributed by atoms with Gasteiger partial charge in [-0.25, -0.2) is 15.0 Å². The van der Waals surface area contributed by atoms with E-state index in [0.29, 0.717) is 5.56 Å². The predicted octanol–water partition coefficient (Wildman–Crippen LogP) is 3.44. The molecule has 2 aromatic heterocycles. The molecule has 8 heteroatoms. The van der Waals surface area contributed by atoms with Gasteiger partial charge in [0.2, 0.25) is 5.91 Å². The molecule has 0 aromatic carbocycles. The molecule has 23 heavy (non-hydrogen) atoms. The number of alkyl halides is 3. The van der Waals surface area contributed by atoms with Crippen molar-refractivity contribution >= 4 is 11.6 Å². The summed E-state index contributed by atoms with van der Waals surface area (Å²) in [5.74, 6) is -0.583. The van der Waals surface area contributed by atoms with Crippen molar-refractivity contribution in [1.82, 2.24) is 15.0 Å². The van der Waals surface area contributed by atoms with Crippen LogP contribution >= 0.6 is 0 Å². The second-order valence-corrected chi connectivity index (χ2v) is 4.78. The zero-order valence-corrected chi connectivity index (χ0v) is 12.4. The third-order valence-corrected chi connectivity index (χ3v) is 2.94. The van der Waals surface area contributed by atoms with Gasteiger partial charge >= 0.3 is 6.18 Å². The number of aromatic nitrogens is 3. The maximum absolute atomic E-state index is 13.4. The quantitative estimate of drug-likeness (QED) is 0.868. The first-order chi connectivity index (χ1) is 10.7. The average Bonchev–Trinajstić information content (AvgIpc) is 2.46. The smallest absolute Gasteiger partial charge is 0.284 e. The van der Waals surface area contributed by atoms with Gasteiger partial charge in [0.1, 0.15) is 6.33 Å². The number of carbonyl (C=O) groups excluding carboxylic acids is 1. The molecule has 2 aromatic rings. The van der Waals surface area contributed by atoms with E-state index in [-0.39, 0.29) is 17.1 Å². The number of halogens is 3. The summed E-state index contributed by atoms with van der Waals surface area (Å²) in [5, 5.41) is 0. The van der Waals surface area contributed by atoms with E-state index in [1.807, 2.05) is 0 Å². The molecule has 0 bridgehead atoms. The average molecular weight is 322 g/mol. The molecule has 0 radical (unpaired) electrons. The zero-order valence-electron chi connectivity index (χ0n) is 12.4. The number of anilines is 1. The van der Waals surface area contributed by atoms with Crippen LogP contribution in [0.5, 0.6) is 0 Å². The van der Waals surface area contributed by atoms with E-state index >= 15 is 0 Å². The molecule has 0 unspecified atom stereocenters. The number of pyridine rings is 1. The van der Waals surface area contributed by atoms with E-state index in [0.717, 1.165) is 11.8 Å². The fraction of sp³-hybridized carbons (Fsp3) is 0.200. The Morgan fingerprint density at radius 2 is 1.78 bits per heavy atom. The largest absolute Gasteiger partial charge is 0.435 e. The molecular weight excluding hydrogens is 309 g/mol. The molecule has 0 atom stereocenters. The van der Waals surface area contributed by atoms with Crippen LogP contribution in [0, 0.1) is 0 Å². The van der Waals surface area contributed by atoms with Crippen molar-refractivity contribution in [3.05, 3.63) is 48.8 Å². The SMILES string of the molecule is C=C(C)N(C(C)=O)c1ccc(-c2cncnc2)nc1C(F)(F)F. The first-order valence-electron chi connectivity index (χ1n) is 6.51. The summed E-state index contributed by atoms with van der Waals surface area (Å²) in [7, 11) is 0. The lowest BCUT2D eigenvalue weighted by atomic mass is 10.1. The first-order valence-corrected chi connectivity index (χ1v) is 6.51. The minimum atomic E-state index is -4.73. The third-order valence-electron chi connectivity index (χ3n) is 2.94. The third kappa shape index (κ3) is 3.53. The van der Waals surface area contributed by atoms with Crippen molar-refractivity contribution < 1.29 is 18.0 Å². The van der Waals surface area contributed by atoms with Gasteiger partial charge in [0.05, 0.1) is 11.4 Å². The van der Waals surface area contributed by atoms with Crippen molar-refractivity contribution in [2.75, 3.05) is 4.90 Å². The molecule has 5 nitrogen and oxygen atoms in total. The van der Waals surface area contributed by atoms with Crippen LogP contribution in [0.2, 0.25) is 0 Å². The van der Waals surface area contributed by atoms with Gasteiger partial charge in [0.25, 0.3) is 0 Å². The lowest BCUT2D eigenvalue weighted by Gasteiger charge is -2.24. The van der Waals surface area contributed by atoms with E-state index in [4.69, 9.17) is 0 Å². The Labute approximate surface area is 130 Å². The molecule has 1 amide bonds. The van der Waals surface area contributed by atoms with Crippen LogP contribution in [-0.2, 0) is 11.0 Å². The summed E-state index contributed by atoms with van der Waals surface area (Å²) in [6, 6.07) is 2.57. The summed E-state index contributed by atoms with van der Waals surface area (Å²) < 4.78 is 40.1. The molecule has 0 N–H and O–H groups in total. The van der Waals surface area contributed by atoms with Crippen LogP contribution in [0.25, 0.3) is 11.3 Å². The Bertz CT molecular complexity index is 730. The summed E-state index contributed by atoms with van der Waals surface area (Å²) >= 11 is 0. The van der Waals surface area contributed by atoms with E-state index in [9.17, 15) is 18.0 Å². The molecule has 0 spiro atoms. The normalized spacial score (nSPS) is 11.2. The minimum absolute atomic E-state index is 0.0619. The van der Waals surface area contributed by atoms with E-state index < -0.39 is 17.8 Å². The van der Waals surface area contributed by atoms with Crippen LogP contribution < -0.4 is 4.90 Å². The van der Waals surface area contributed by atoms with Gasteiger partial charge in [0.15, 0.2) is 5.69 Å². The molecule has 2 rings (SSSR count). The minimum Gasteiger partial charge on any atom is -0.284 e. The number of hydrogen-bond acceptors (Lipinski definition) is 4.